The number of benzene rings is 1. The first-order valence-corrected chi connectivity index (χ1v) is 5.56. The third-order valence-corrected chi connectivity index (χ3v) is 3.06. The average Bonchev–Trinajstić information content (AvgIpc) is 2.69. The summed E-state index contributed by atoms with van der Waals surface area (Å²) in [6.07, 6.45) is 0.701. The Hall–Kier alpha value is -1.20. The van der Waals surface area contributed by atoms with Gasteiger partial charge in [0.15, 0.2) is 11.6 Å². The van der Waals surface area contributed by atoms with Gasteiger partial charge < -0.3 is 10.6 Å². The fourth-order valence-corrected chi connectivity index (χ4v) is 2.06. The Kier molecular flexibility index (Phi) is 3.31. The molecule has 92 valence electrons. The summed E-state index contributed by atoms with van der Waals surface area (Å²) in [6.45, 7) is 0.920. The van der Waals surface area contributed by atoms with Crippen LogP contribution in [0.2, 0.25) is 5.02 Å². The summed E-state index contributed by atoms with van der Waals surface area (Å²) >= 11 is 5.73. The molecule has 1 aliphatic heterocycles. The molecule has 0 spiro atoms. The summed E-state index contributed by atoms with van der Waals surface area (Å²) in [5.41, 5.74) is 5.64. The van der Waals surface area contributed by atoms with Crippen LogP contribution in [0.1, 0.15) is 16.8 Å². The van der Waals surface area contributed by atoms with Crippen LogP contribution in [0.25, 0.3) is 0 Å². The topological polar surface area (TPSA) is 46.3 Å². The molecule has 1 aromatic rings. The highest BCUT2D eigenvalue weighted by molar-refractivity contribution is 6.33. The van der Waals surface area contributed by atoms with Crippen LogP contribution in [0.15, 0.2) is 12.1 Å². The largest absolute Gasteiger partial charge is 0.337 e. The number of rotatable bonds is 1. The van der Waals surface area contributed by atoms with Crippen molar-refractivity contribution in [2.24, 2.45) is 5.73 Å². The van der Waals surface area contributed by atoms with E-state index < -0.39 is 17.5 Å². The Labute approximate surface area is 102 Å². The standard InChI is InChI=1S/C11H11ClF2N2O/c12-8-4-10(14)9(13)3-7(8)11(17)16-2-1-6(15)5-16/h3-4,6H,1-2,5,15H2/t6-/m1/s1. The maximum Gasteiger partial charge on any atom is 0.255 e. The Morgan fingerprint density at radius 1 is 1.41 bits per heavy atom. The van der Waals surface area contributed by atoms with E-state index in [4.69, 9.17) is 17.3 Å². The van der Waals surface area contributed by atoms with E-state index in [1.165, 1.54) is 4.90 Å². The number of hydrogen-bond donors (Lipinski definition) is 1. The summed E-state index contributed by atoms with van der Waals surface area (Å²) < 4.78 is 25.9. The lowest BCUT2D eigenvalue weighted by atomic mass is 10.2. The van der Waals surface area contributed by atoms with E-state index in [0.717, 1.165) is 12.1 Å². The third-order valence-electron chi connectivity index (χ3n) is 2.75. The Balaban J connectivity index is 2.28. The smallest absolute Gasteiger partial charge is 0.255 e. The number of hydrogen-bond acceptors (Lipinski definition) is 2. The lowest BCUT2D eigenvalue weighted by molar-refractivity contribution is 0.0790. The molecule has 0 unspecified atom stereocenters. The van der Waals surface area contributed by atoms with Crippen LogP contribution in [0, 0.1) is 11.6 Å². The SMILES string of the molecule is N[C@@H]1CCN(C(=O)c2cc(F)c(F)cc2Cl)C1. The van der Waals surface area contributed by atoms with Gasteiger partial charge in [-0.15, -0.1) is 0 Å². The first-order valence-electron chi connectivity index (χ1n) is 5.18. The zero-order valence-electron chi connectivity index (χ0n) is 8.92. The van der Waals surface area contributed by atoms with Gasteiger partial charge in [-0.05, 0) is 18.6 Å². The molecular weight excluding hydrogens is 250 g/mol. The summed E-state index contributed by atoms with van der Waals surface area (Å²) in [4.78, 5) is 13.5. The molecule has 0 bridgehead atoms. The predicted octanol–water partition coefficient (Wildman–Crippen LogP) is 1.79. The molecule has 1 aromatic carbocycles. The van der Waals surface area contributed by atoms with Crippen molar-refractivity contribution in [1.82, 2.24) is 4.90 Å². The number of nitrogens with two attached hydrogens (primary N) is 1. The van der Waals surface area contributed by atoms with Gasteiger partial charge >= 0.3 is 0 Å². The van der Waals surface area contributed by atoms with Gasteiger partial charge in [0.1, 0.15) is 0 Å². The van der Waals surface area contributed by atoms with E-state index >= 15 is 0 Å². The molecule has 1 saturated heterocycles. The maximum absolute atomic E-state index is 13.1. The molecule has 3 nitrogen and oxygen atoms in total. The Morgan fingerprint density at radius 2 is 2.06 bits per heavy atom. The molecule has 6 heteroatoms. The normalized spacial score (nSPS) is 19.8. The van der Waals surface area contributed by atoms with Crippen molar-refractivity contribution in [1.29, 1.82) is 0 Å². The molecule has 2 rings (SSSR count). The fraction of sp³-hybridized carbons (Fsp3) is 0.364. The summed E-state index contributed by atoms with van der Waals surface area (Å²) in [5, 5.41) is -0.0885. The van der Waals surface area contributed by atoms with Crippen molar-refractivity contribution >= 4 is 17.5 Å². The molecule has 1 fully saturated rings. The number of carbonyl (C=O) groups excluding carboxylic acids is 1. The summed E-state index contributed by atoms with van der Waals surface area (Å²) in [5.74, 6) is -2.56. The second-order valence-corrected chi connectivity index (χ2v) is 4.45. The lowest BCUT2D eigenvalue weighted by Crippen LogP contribution is -2.32. The van der Waals surface area contributed by atoms with Crippen LogP contribution in [0.3, 0.4) is 0 Å². The van der Waals surface area contributed by atoms with Crippen molar-refractivity contribution in [3.63, 3.8) is 0 Å². The maximum atomic E-state index is 13.1. The lowest BCUT2D eigenvalue weighted by Gasteiger charge is -2.16. The van der Waals surface area contributed by atoms with Gasteiger partial charge in [0.2, 0.25) is 0 Å². The zero-order valence-corrected chi connectivity index (χ0v) is 9.68. The van der Waals surface area contributed by atoms with Gasteiger partial charge in [0.25, 0.3) is 5.91 Å². The van der Waals surface area contributed by atoms with Gasteiger partial charge in [-0.3, -0.25) is 4.79 Å². The predicted molar refractivity (Wildman–Crippen MR) is 59.9 cm³/mol. The first kappa shape index (κ1) is 12.3. The number of likely N-dealkylation sites (tertiary alicyclic amines) is 1. The summed E-state index contributed by atoms with van der Waals surface area (Å²) in [7, 11) is 0. The second-order valence-electron chi connectivity index (χ2n) is 4.05. The molecule has 17 heavy (non-hydrogen) atoms. The highest BCUT2D eigenvalue weighted by Crippen LogP contribution is 2.23. The van der Waals surface area contributed by atoms with Crippen LogP contribution in [-0.4, -0.2) is 29.9 Å². The minimum absolute atomic E-state index is 0.0281. The Morgan fingerprint density at radius 3 is 2.65 bits per heavy atom. The van der Waals surface area contributed by atoms with Gasteiger partial charge in [-0.25, -0.2) is 8.78 Å². The van der Waals surface area contributed by atoms with E-state index in [9.17, 15) is 13.6 Å². The number of nitrogens with zero attached hydrogens (tertiary/aromatic N) is 1. The highest BCUT2D eigenvalue weighted by Gasteiger charge is 2.26. The van der Waals surface area contributed by atoms with E-state index in [1.807, 2.05) is 0 Å². The van der Waals surface area contributed by atoms with Gasteiger partial charge in [-0.2, -0.15) is 0 Å². The van der Waals surface area contributed by atoms with Crippen molar-refractivity contribution in [2.45, 2.75) is 12.5 Å². The van der Waals surface area contributed by atoms with Crippen LogP contribution in [0.4, 0.5) is 8.78 Å². The van der Waals surface area contributed by atoms with Gasteiger partial charge in [0, 0.05) is 19.1 Å². The molecule has 1 amide bonds. The van der Waals surface area contributed by atoms with E-state index in [1.54, 1.807) is 0 Å². The number of carbonyl (C=O) groups is 1. The number of halogens is 3. The van der Waals surface area contributed by atoms with Crippen LogP contribution in [-0.2, 0) is 0 Å². The first-order chi connectivity index (χ1) is 7.99. The molecule has 1 heterocycles. The van der Waals surface area contributed by atoms with Gasteiger partial charge in [0.05, 0.1) is 10.6 Å². The van der Waals surface area contributed by atoms with Crippen molar-refractivity contribution in [3.8, 4) is 0 Å². The minimum Gasteiger partial charge on any atom is -0.337 e. The molecule has 0 aliphatic carbocycles. The molecule has 0 radical (unpaired) electrons. The minimum atomic E-state index is -1.08. The van der Waals surface area contributed by atoms with Crippen LogP contribution >= 0.6 is 11.6 Å². The van der Waals surface area contributed by atoms with Crippen molar-refractivity contribution in [3.05, 3.63) is 34.4 Å². The number of amides is 1. The summed E-state index contributed by atoms with van der Waals surface area (Å²) in [6, 6.07) is 1.56. The Bertz CT molecular complexity index is 467. The van der Waals surface area contributed by atoms with E-state index in [0.29, 0.717) is 19.5 Å². The van der Waals surface area contributed by atoms with E-state index in [-0.39, 0.29) is 16.6 Å². The second kappa shape index (κ2) is 4.58. The monoisotopic (exact) mass is 260 g/mol. The van der Waals surface area contributed by atoms with E-state index in [2.05, 4.69) is 0 Å². The molecule has 1 atom stereocenters. The van der Waals surface area contributed by atoms with Crippen LogP contribution < -0.4 is 5.73 Å². The molecule has 0 aromatic heterocycles. The van der Waals surface area contributed by atoms with Crippen LogP contribution in [0.5, 0.6) is 0 Å². The zero-order chi connectivity index (χ0) is 12.6. The van der Waals surface area contributed by atoms with Gasteiger partial charge in [-0.1, -0.05) is 11.6 Å². The average molecular weight is 261 g/mol. The van der Waals surface area contributed by atoms with Crippen molar-refractivity contribution in [2.75, 3.05) is 13.1 Å². The molecule has 2 N–H and O–H groups in total. The third kappa shape index (κ3) is 2.40. The molecule has 0 saturated carbocycles. The van der Waals surface area contributed by atoms with Crippen molar-refractivity contribution < 1.29 is 13.6 Å². The fourth-order valence-electron chi connectivity index (χ4n) is 1.83. The quantitative estimate of drug-likeness (QED) is 0.783. The molecule has 1 aliphatic rings. The molecular formula is C11H11ClF2N2O. The highest BCUT2D eigenvalue weighted by atomic mass is 35.5.